The van der Waals surface area contributed by atoms with Crippen molar-refractivity contribution in [3.8, 4) is 0 Å². The van der Waals surface area contributed by atoms with E-state index in [0.717, 1.165) is 22.1 Å². The number of benzene rings is 6. The first-order valence-corrected chi connectivity index (χ1v) is 21.3. The summed E-state index contributed by atoms with van der Waals surface area (Å²) in [6.45, 7) is 1.46. The molecule has 0 fully saturated rings. The van der Waals surface area contributed by atoms with Gasteiger partial charge in [-0.05, 0) is 72.8 Å². The van der Waals surface area contributed by atoms with Crippen molar-refractivity contribution in [2.24, 2.45) is 0 Å². The van der Waals surface area contributed by atoms with E-state index in [1.54, 1.807) is 0 Å². The molecule has 6 rings (SSSR count). The summed E-state index contributed by atoms with van der Waals surface area (Å²) in [4.78, 5) is 24.8. The molecule has 0 aliphatic carbocycles. The molecule has 0 unspecified atom stereocenters. The third kappa shape index (κ3) is 8.89. The van der Waals surface area contributed by atoms with Gasteiger partial charge in [0.25, 0.3) is 0 Å². The number of esters is 1. The van der Waals surface area contributed by atoms with Crippen LogP contribution in [0, 0.1) is 0 Å². The van der Waals surface area contributed by atoms with E-state index in [1.165, 1.54) is 15.9 Å². The number of hydrogen-bond donors (Lipinski definition) is 0. The van der Waals surface area contributed by atoms with Gasteiger partial charge >= 0.3 is 5.97 Å². The minimum Gasteiger partial charge on any atom is -0.461 e. The lowest BCUT2D eigenvalue weighted by Gasteiger charge is -2.27. The Morgan fingerprint density at radius 2 is 0.686 bits per heavy atom. The van der Waals surface area contributed by atoms with E-state index in [4.69, 9.17) is 19.2 Å². The smallest absolute Gasteiger partial charge is 0.345 e. The van der Waals surface area contributed by atoms with Crippen LogP contribution in [0.3, 0.4) is 0 Å². The third-order valence-electron chi connectivity index (χ3n) is 8.94. The van der Waals surface area contributed by atoms with Crippen molar-refractivity contribution in [3.05, 3.63) is 182 Å². The second-order valence-electron chi connectivity index (χ2n) is 12.0. The number of carbonyl (C=O) groups is 1. The van der Waals surface area contributed by atoms with Crippen LogP contribution in [-0.4, -0.2) is 51.3 Å². The lowest BCUT2D eigenvalue weighted by atomic mass is 10.4. The molecule has 7 heteroatoms. The van der Waals surface area contributed by atoms with Crippen LogP contribution in [-0.2, 0) is 24.0 Å². The number of carbonyl (C=O) groups excluding carboxylic acids is 1. The van der Waals surface area contributed by atoms with E-state index in [1.807, 2.05) is 54.6 Å². The highest BCUT2D eigenvalue weighted by atomic mass is 31.2. The molecule has 0 saturated carbocycles. The molecule has 0 amide bonds. The fourth-order valence-electron chi connectivity index (χ4n) is 6.59. The fraction of sp³-hybridized carbons (Fsp3) is 0.159. The minimum absolute atomic E-state index is 0.163. The molecule has 0 aliphatic rings. The van der Waals surface area contributed by atoms with Gasteiger partial charge in [-0.25, -0.2) is 14.6 Å². The summed E-state index contributed by atoms with van der Waals surface area (Å²) in [6, 6.07) is 63.1. The SMILES string of the molecule is O=C(C[P+](c1ccccc1)(c1ccccc1)c1ccccc1)OCCOCCOOCC[P+](c1ccccc1)(c1ccccc1)c1ccccc1. The number of hydrogen-bond acceptors (Lipinski definition) is 5. The van der Waals surface area contributed by atoms with Crippen molar-refractivity contribution in [2.75, 3.05) is 45.4 Å². The van der Waals surface area contributed by atoms with Crippen LogP contribution in [0.15, 0.2) is 182 Å². The van der Waals surface area contributed by atoms with Gasteiger partial charge in [-0.1, -0.05) is 109 Å². The molecule has 0 aliphatic heterocycles. The summed E-state index contributed by atoms with van der Waals surface area (Å²) in [5.41, 5.74) is 0. The Hall–Kier alpha value is -4.47. The second-order valence-corrected chi connectivity index (χ2v) is 19.1. The van der Waals surface area contributed by atoms with Crippen molar-refractivity contribution in [3.63, 3.8) is 0 Å². The van der Waals surface area contributed by atoms with Gasteiger partial charge < -0.3 is 9.47 Å². The largest absolute Gasteiger partial charge is 0.461 e. The quantitative estimate of drug-likeness (QED) is 0.0336. The maximum atomic E-state index is 13.5. The maximum absolute atomic E-state index is 13.5. The summed E-state index contributed by atoms with van der Waals surface area (Å²) >= 11 is 0. The summed E-state index contributed by atoms with van der Waals surface area (Å²) < 4.78 is 11.5. The van der Waals surface area contributed by atoms with E-state index in [2.05, 4.69) is 127 Å². The van der Waals surface area contributed by atoms with Crippen LogP contribution in [0.25, 0.3) is 0 Å². The molecule has 0 bridgehead atoms. The topological polar surface area (TPSA) is 54.0 Å². The summed E-state index contributed by atoms with van der Waals surface area (Å²) in [6.07, 6.45) is 1.06. The van der Waals surface area contributed by atoms with Crippen molar-refractivity contribution >= 4 is 52.3 Å². The van der Waals surface area contributed by atoms with E-state index < -0.39 is 14.5 Å². The molecule has 0 spiro atoms. The third-order valence-corrected chi connectivity index (χ3v) is 17.6. The second kappa shape index (κ2) is 18.7. The zero-order valence-corrected chi connectivity index (χ0v) is 30.5. The van der Waals surface area contributed by atoms with Gasteiger partial charge in [-0.15, -0.1) is 0 Å². The van der Waals surface area contributed by atoms with Crippen LogP contribution in [0.5, 0.6) is 0 Å². The number of rotatable bonds is 18. The van der Waals surface area contributed by atoms with E-state index >= 15 is 0 Å². The monoisotopic (exact) mass is 714 g/mol. The highest BCUT2D eigenvalue weighted by molar-refractivity contribution is 7.96. The highest BCUT2D eigenvalue weighted by Crippen LogP contribution is 2.56. The Labute approximate surface area is 302 Å². The molecule has 0 atom stereocenters. The van der Waals surface area contributed by atoms with Crippen molar-refractivity contribution in [1.29, 1.82) is 0 Å². The van der Waals surface area contributed by atoms with E-state index in [9.17, 15) is 4.79 Å². The molecule has 51 heavy (non-hydrogen) atoms. The Balaban J connectivity index is 1.00. The van der Waals surface area contributed by atoms with Gasteiger partial charge in [0, 0.05) is 0 Å². The van der Waals surface area contributed by atoms with Crippen molar-refractivity contribution in [1.82, 2.24) is 0 Å². The predicted molar refractivity (Wildman–Crippen MR) is 214 cm³/mol. The lowest BCUT2D eigenvalue weighted by Crippen LogP contribution is -2.36. The van der Waals surface area contributed by atoms with Gasteiger partial charge in [0.2, 0.25) is 0 Å². The lowest BCUT2D eigenvalue weighted by molar-refractivity contribution is -0.295. The zero-order valence-electron chi connectivity index (χ0n) is 28.7. The zero-order chi connectivity index (χ0) is 35.0. The summed E-state index contributed by atoms with van der Waals surface area (Å²) in [5.74, 6) is -0.245. The van der Waals surface area contributed by atoms with E-state index in [-0.39, 0.29) is 32.0 Å². The van der Waals surface area contributed by atoms with Gasteiger partial charge in [0.1, 0.15) is 72.3 Å². The van der Waals surface area contributed by atoms with Crippen LogP contribution in [0.4, 0.5) is 0 Å². The standard InChI is InChI=1S/C44H44O5P2/c45-44(37-51(41-25-13-4-14-26-41,42-27-15-5-16-28-42)43-29-17-6-18-30-43)47-33-31-46-32-34-48-49-35-36-50(38-19-7-1-8-20-38,39-21-9-2-10-22-39)40-23-11-3-12-24-40/h1-30H,31-37H2/q+2. The van der Waals surface area contributed by atoms with Crippen LogP contribution < -0.4 is 31.8 Å². The van der Waals surface area contributed by atoms with E-state index in [0.29, 0.717) is 13.2 Å². The Kier molecular flexibility index (Phi) is 13.3. The molecule has 0 N–H and O–H groups in total. The summed E-state index contributed by atoms with van der Waals surface area (Å²) in [5, 5.41) is 7.34. The Morgan fingerprint density at radius 1 is 0.373 bits per heavy atom. The summed E-state index contributed by atoms with van der Waals surface area (Å²) in [7, 11) is -4.30. The molecular weight excluding hydrogens is 670 g/mol. The Morgan fingerprint density at radius 3 is 1.06 bits per heavy atom. The Bertz CT molecular complexity index is 1680. The van der Waals surface area contributed by atoms with Crippen LogP contribution in [0.2, 0.25) is 0 Å². The molecule has 258 valence electrons. The average Bonchev–Trinajstić information content (AvgIpc) is 3.21. The molecule has 0 aromatic heterocycles. The molecular formula is C44H44O5P2+2. The highest BCUT2D eigenvalue weighted by Gasteiger charge is 2.48. The normalized spacial score (nSPS) is 11.6. The predicted octanol–water partition coefficient (Wildman–Crippen LogP) is 6.48. The molecule has 6 aromatic rings. The first-order chi connectivity index (χ1) is 25.2. The maximum Gasteiger partial charge on any atom is 0.345 e. The van der Waals surface area contributed by atoms with Crippen molar-refractivity contribution < 1.29 is 24.0 Å². The van der Waals surface area contributed by atoms with Crippen LogP contribution in [0.1, 0.15) is 0 Å². The van der Waals surface area contributed by atoms with Gasteiger partial charge in [-0.2, -0.15) is 0 Å². The molecule has 0 radical (unpaired) electrons. The van der Waals surface area contributed by atoms with Gasteiger partial charge in [0.15, 0.2) is 6.16 Å². The van der Waals surface area contributed by atoms with Gasteiger partial charge in [-0.3, -0.25) is 0 Å². The molecule has 0 saturated heterocycles. The van der Waals surface area contributed by atoms with Gasteiger partial charge in [0.05, 0.1) is 13.2 Å². The first kappa shape index (κ1) is 36.3. The fourth-order valence-corrected chi connectivity index (χ4v) is 14.6. The molecule has 0 heterocycles. The number of ether oxygens (including phenoxy) is 2. The van der Waals surface area contributed by atoms with Crippen molar-refractivity contribution in [2.45, 2.75) is 0 Å². The molecule has 6 aromatic carbocycles. The van der Waals surface area contributed by atoms with Crippen LogP contribution >= 0.6 is 14.5 Å². The first-order valence-electron chi connectivity index (χ1n) is 17.3. The molecule has 5 nitrogen and oxygen atoms in total. The average molecular weight is 715 g/mol. The minimum atomic E-state index is -2.31.